The van der Waals surface area contributed by atoms with Crippen LogP contribution in [-0.2, 0) is 6.42 Å². The number of hydrogen-bond donors (Lipinski definition) is 0. The molecule has 28 heavy (non-hydrogen) atoms. The lowest BCUT2D eigenvalue weighted by molar-refractivity contribution is 0.0667. The largest absolute Gasteiger partial charge is 0.363 e. The fourth-order valence-corrected chi connectivity index (χ4v) is 5.14. The predicted octanol–water partition coefficient (Wildman–Crippen LogP) is 4.91. The summed E-state index contributed by atoms with van der Waals surface area (Å²) in [5.74, 6) is 0.374. The van der Waals surface area contributed by atoms with E-state index in [1.807, 2.05) is 29.2 Å². The van der Waals surface area contributed by atoms with E-state index in [2.05, 4.69) is 37.8 Å². The number of aryl methyl sites for hydroxylation is 1. The van der Waals surface area contributed by atoms with E-state index in [1.165, 1.54) is 17.7 Å². The molecule has 0 radical (unpaired) electrons. The van der Waals surface area contributed by atoms with Crippen LogP contribution in [0.3, 0.4) is 0 Å². The standard InChI is InChI=1S/C24H29FN2O/c1-4-17-5-7-18(8-6-17)23(28)26-14-13-22-19(16-26)15-24(2,3)27(22)21-11-9-20(25)10-12-21/h5-12,19,22H,4,13-16H2,1-3H3/t19-,22+/m1/s1. The fraction of sp³-hybridized carbons (Fsp3) is 0.458. The number of likely N-dealkylation sites (tertiary alicyclic amines) is 1. The summed E-state index contributed by atoms with van der Waals surface area (Å²) in [6.07, 6.45) is 2.97. The van der Waals surface area contributed by atoms with Crippen molar-refractivity contribution in [3.05, 3.63) is 65.5 Å². The molecular formula is C24H29FN2O. The Hall–Kier alpha value is -2.36. The molecule has 4 rings (SSSR count). The highest BCUT2D eigenvalue weighted by atomic mass is 19.1. The Bertz CT molecular complexity index is 844. The van der Waals surface area contributed by atoms with Gasteiger partial charge in [-0.25, -0.2) is 4.39 Å². The Morgan fingerprint density at radius 1 is 1.11 bits per heavy atom. The maximum atomic E-state index is 13.4. The number of hydrogen-bond acceptors (Lipinski definition) is 2. The van der Waals surface area contributed by atoms with Crippen LogP contribution in [0.5, 0.6) is 0 Å². The minimum atomic E-state index is -0.202. The lowest BCUT2D eigenvalue weighted by atomic mass is 9.89. The lowest BCUT2D eigenvalue weighted by Gasteiger charge is -2.42. The van der Waals surface area contributed by atoms with Gasteiger partial charge in [0.2, 0.25) is 0 Å². The summed E-state index contributed by atoms with van der Waals surface area (Å²) >= 11 is 0. The summed E-state index contributed by atoms with van der Waals surface area (Å²) in [5.41, 5.74) is 3.11. The van der Waals surface area contributed by atoms with Gasteiger partial charge in [-0.05, 0) is 81.0 Å². The zero-order valence-electron chi connectivity index (χ0n) is 17.0. The maximum Gasteiger partial charge on any atom is 0.253 e. The molecule has 0 saturated carbocycles. The molecule has 3 nitrogen and oxygen atoms in total. The monoisotopic (exact) mass is 380 g/mol. The molecule has 0 spiro atoms. The minimum Gasteiger partial charge on any atom is -0.363 e. The average molecular weight is 381 g/mol. The van der Waals surface area contributed by atoms with E-state index in [-0.39, 0.29) is 17.3 Å². The SMILES string of the molecule is CCc1ccc(C(=O)N2CC[C@H]3[C@@H](C2)CC(C)(C)N3c2ccc(F)cc2)cc1. The molecule has 0 N–H and O–H groups in total. The van der Waals surface area contributed by atoms with E-state index >= 15 is 0 Å². The predicted molar refractivity (Wildman–Crippen MR) is 111 cm³/mol. The fourth-order valence-electron chi connectivity index (χ4n) is 5.14. The molecule has 2 aliphatic rings. The van der Waals surface area contributed by atoms with Gasteiger partial charge in [-0.2, -0.15) is 0 Å². The quantitative estimate of drug-likeness (QED) is 0.755. The Balaban J connectivity index is 1.51. The van der Waals surface area contributed by atoms with Gasteiger partial charge >= 0.3 is 0 Å². The number of piperidine rings is 1. The van der Waals surface area contributed by atoms with Gasteiger partial charge in [0.05, 0.1) is 0 Å². The number of amides is 1. The van der Waals surface area contributed by atoms with E-state index in [1.54, 1.807) is 0 Å². The van der Waals surface area contributed by atoms with Crippen LogP contribution >= 0.6 is 0 Å². The Labute approximate surface area is 167 Å². The van der Waals surface area contributed by atoms with E-state index in [4.69, 9.17) is 0 Å². The zero-order valence-corrected chi connectivity index (χ0v) is 17.0. The first-order valence-corrected chi connectivity index (χ1v) is 10.3. The Morgan fingerprint density at radius 3 is 2.43 bits per heavy atom. The van der Waals surface area contributed by atoms with Crippen molar-refractivity contribution in [3.63, 3.8) is 0 Å². The zero-order chi connectivity index (χ0) is 19.9. The van der Waals surface area contributed by atoms with Crippen molar-refractivity contribution in [2.45, 2.75) is 51.6 Å². The molecule has 148 valence electrons. The molecule has 2 aliphatic heterocycles. The third-order valence-corrected chi connectivity index (χ3v) is 6.44. The van der Waals surface area contributed by atoms with Crippen molar-refractivity contribution in [3.8, 4) is 0 Å². The maximum absolute atomic E-state index is 13.4. The van der Waals surface area contributed by atoms with Gasteiger partial charge in [-0.15, -0.1) is 0 Å². The van der Waals surface area contributed by atoms with Crippen LogP contribution in [0.2, 0.25) is 0 Å². The van der Waals surface area contributed by atoms with Gasteiger partial charge < -0.3 is 9.80 Å². The van der Waals surface area contributed by atoms with Crippen LogP contribution in [0.1, 0.15) is 49.5 Å². The normalized spacial score (nSPS) is 23.6. The summed E-state index contributed by atoms with van der Waals surface area (Å²) in [7, 11) is 0. The average Bonchev–Trinajstić information content (AvgIpc) is 2.97. The molecule has 2 fully saturated rings. The number of fused-ring (bicyclic) bond motifs is 1. The van der Waals surface area contributed by atoms with Crippen molar-refractivity contribution < 1.29 is 9.18 Å². The molecule has 1 amide bonds. The molecule has 2 heterocycles. The summed E-state index contributed by atoms with van der Waals surface area (Å²) in [6, 6.07) is 15.2. The third-order valence-electron chi connectivity index (χ3n) is 6.44. The van der Waals surface area contributed by atoms with Gasteiger partial charge in [-0.3, -0.25) is 4.79 Å². The van der Waals surface area contributed by atoms with Gasteiger partial charge in [0.25, 0.3) is 5.91 Å². The smallest absolute Gasteiger partial charge is 0.253 e. The summed E-state index contributed by atoms with van der Waals surface area (Å²) in [5, 5.41) is 0. The number of carbonyl (C=O) groups excluding carboxylic acids is 1. The van der Waals surface area contributed by atoms with Crippen LogP contribution in [0.4, 0.5) is 10.1 Å². The van der Waals surface area contributed by atoms with Crippen molar-refractivity contribution in [2.75, 3.05) is 18.0 Å². The second kappa shape index (κ2) is 7.23. The highest BCUT2D eigenvalue weighted by Crippen LogP contribution is 2.44. The molecule has 4 heteroatoms. The lowest BCUT2D eigenvalue weighted by Crippen LogP contribution is -2.50. The van der Waals surface area contributed by atoms with Crippen molar-refractivity contribution in [2.24, 2.45) is 5.92 Å². The number of halogens is 1. The molecule has 0 aromatic heterocycles. The number of rotatable bonds is 3. The molecule has 2 aromatic carbocycles. The number of anilines is 1. The third kappa shape index (κ3) is 3.41. The van der Waals surface area contributed by atoms with Gasteiger partial charge in [0.15, 0.2) is 0 Å². The first-order chi connectivity index (χ1) is 13.4. The molecule has 2 atom stereocenters. The van der Waals surface area contributed by atoms with E-state index < -0.39 is 0 Å². The molecule has 2 aromatic rings. The highest BCUT2D eigenvalue weighted by Gasteiger charge is 2.48. The van der Waals surface area contributed by atoms with Crippen LogP contribution < -0.4 is 4.90 Å². The van der Waals surface area contributed by atoms with E-state index in [9.17, 15) is 9.18 Å². The van der Waals surface area contributed by atoms with Crippen LogP contribution in [0.15, 0.2) is 48.5 Å². The Morgan fingerprint density at radius 2 is 1.79 bits per heavy atom. The van der Waals surface area contributed by atoms with Gasteiger partial charge in [-0.1, -0.05) is 19.1 Å². The summed E-state index contributed by atoms with van der Waals surface area (Å²) < 4.78 is 13.4. The van der Waals surface area contributed by atoms with Gasteiger partial charge in [0.1, 0.15) is 5.82 Å². The van der Waals surface area contributed by atoms with E-state index in [0.717, 1.165) is 43.6 Å². The second-order valence-corrected chi connectivity index (χ2v) is 8.78. The van der Waals surface area contributed by atoms with Crippen LogP contribution in [0.25, 0.3) is 0 Å². The van der Waals surface area contributed by atoms with Crippen LogP contribution in [-0.4, -0.2) is 35.5 Å². The molecule has 0 bridgehead atoms. The number of nitrogens with zero attached hydrogens (tertiary/aromatic N) is 2. The first-order valence-electron chi connectivity index (χ1n) is 10.3. The summed E-state index contributed by atoms with van der Waals surface area (Å²) in [6.45, 7) is 8.19. The summed E-state index contributed by atoms with van der Waals surface area (Å²) in [4.78, 5) is 17.5. The number of benzene rings is 2. The van der Waals surface area contributed by atoms with Crippen molar-refractivity contribution in [1.29, 1.82) is 0 Å². The second-order valence-electron chi connectivity index (χ2n) is 8.78. The molecular weight excluding hydrogens is 351 g/mol. The molecule has 0 unspecified atom stereocenters. The topological polar surface area (TPSA) is 23.6 Å². The molecule has 2 saturated heterocycles. The minimum absolute atomic E-state index is 0.00497. The Kier molecular flexibility index (Phi) is 4.90. The van der Waals surface area contributed by atoms with E-state index in [0.29, 0.717) is 12.0 Å². The van der Waals surface area contributed by atoms with Crippen molar-refractivity contribution in [1.82, 2.24) is 4.90 Å². The van der Waals surface area contributed by atoms with Crippen molar-refractivity contribution >= 4 is 11.6 Å². The number of carbonyl (C=O) groups is 1. The van der Waals surface area contributed by atoms with Gasteiger partial charge in [0, 0.05) is 35.9 Å². The highest BCUT2D eigenvalue weighted by molar-refractivity contribution is 5.94. The first kappa shape index (κ1) is 19.0. The van der Waals surface area contributed by atoms with Crippen LogP contribution in [0, 0.1) is 11.7 Å². The molecule has 0 aliphatic carbocycles.